The van der Waals surface area contributed by atoms with E-state index in [0.717, 1.165) is 12.8 Å². The second-order valence-corrected chi connectivity index (χ2v) is 4.15. The van der Waals surface area contributed by atoms with Crippen molar-refractivity contribution >= 4 is 0 Å². The second kappa shape index (κ2) is 2.44. The van der Waals surface area contributed by atoms with Crippen molar-refractivity contribution in [2.24, 2.45) is 0 Å². The highest BCUT2D eigenvalue weighted by atomic mass is 19.1. The summed E-state index contributed by atoms with van der Waals surface area (Å²) >= 11 is 0. The van der Waals surface area contributed by atoms with E-state index in [0.29, 0.717) is 12.6 Å². The minimum atomic E-state index is -0.787. The molecule has 2 rings (SSSR count). The zero-order chi connectivity index (χ0) is 7.90. The molecule has 2 aliphatic rings. The van der Waals surface area contributed by atoms with Gasteiger partial charge in [0.05, 0.1) is 0 Å². The highest BCUT2D eigenvalue weighted by molar-refractivity contribution is 4.97. The summed E-state index contributed by atoms with van der Waals surface area (Å²) in [7, 11) is 2.06. The van der Waals surface area contributed by atoms with Crippen LogP contribution in [0.1, 0.15) is 32.1 Å². The van der Waals surface area contributed by atoms with E-state index in [-0.39, 0.29) is 0 Å². The van der Waals surface area contributed by atoms with Crippen molar-refractivity contribution in [3.8, 4) is 0 Å². The van der Waals surface area contributed by atoms with Crippen LogP contribution in [0.3, 0.4) is 0 Å². The number of rotatable bonds is 3. The number of halogens is 1. The van der Waals surface area contributed by atoms with E-state index < -0.39 is 5.67 Å². The van der Waals surface area contributed by atoms with Crippen molar-refractivity contribution < 1.29 is 4.39 Å². The normalized spacial score (nSPS) is 28.6. The topological polar surface area (TPSA) is 3.24 Å². The third-order valence-electron chi connectivity index (χ3n) is 3.02. The molecule has 0 atom stereocenters. The van der Waals surface area contributed by atoms with Crippen molar-refractivity contribution in [1.82, 2.24) is 4.90 Å². The first-order chi connectivity index (χ1) is 5.20. The van der Waals surface area contributed by atoms with Gasteiger partial charge in [-0.15, -0.1) is 0 Å². The summed E-state index contributed by atoms with van der Waals surface area (Å²) in [5, 5.41) is 0. The molecule has 0 bridgehead atoms. The molecule has 0 aromatic carbocycles. The molecule has 0 aromatic rings. The van der Waals surface area contributed by atoms with Gasteiger partial charge in [-0.25, -0.2) is 4.39 Å². The van der Waals surface area contributed by atoms with Crippen LogP contribution in [-0.2, 0) is 0 Å². The summed E-state index contributed by atoms with van der Waals surface area (Å²) in [5.41, 5.74) is -0.787. The van der Waals surface area contributed by atoms with Crippen LogP contribution in [0.5, 0.6) is 0 Å². The van der Waals surface area contributed by atoms with Crippen LogP contribution in [0.15, 0.2) is 0 Å². The van der Waals surface area contributed by atoms with Crippen LogP contribution < -0.4 is 0 Å². The average molecular weight is 157 g/mol. The van der Waals surface area contributed by atoms with Gasteiger partial charge in [-0.2, -0.15) is 0 Å². The van der Waals surface area contributed by atoms with E-state index in [2.05, 4.69) is 11.9 Å². The maximum Gasteiger partial charge on any atom is 0.123 e. The largest absolute Gasteiger partial charge is 0.300 e. The summed E-state index contributed by atoms with van der Waals surface area (Å²) in [5.74, 6) is 0. The molecule has 0 unspecified atom stereocenters. The highest BCUT2D eigenvalue weighted by Crippen LogP contribution is 2.41. The lowest BCUT2D eigenvalue weighted by molar-refractivity contribution is 0.112. The molecule has 0 spiro atoms. The van der Waals surface area contributed by atoms with E-state index in [1.54, 1.807) is 0 Å². The minimum Gasteiger partial charge on any atom is -0.300 e. The van der Waals surface area contributed by atoms with Crippen LogP contribution in [0, 0.1) is 0 Å². The molecule has 2 heteroatoms. The maximum absolute atomic E-state index is 13.2. The van der Waals surface area contributed by atoms with Gasteiger partial charge in [0.2, 0.25) is 0 Å². The van der Waals surface area contributed by atoms with Crippen molar-refractivity contribution in [2.45, 2.75) is 43.8 Å². The smallest absolute Gasteiger partial charge is 0.123 e. The quantitative estimate of drug-likeness (QED) is 0.605. The Labute approximate surface area is 67.6 Å². The van der Waals surface area contributed by atoms with Crippen LogP contribution in [0.25, 0.3) is 0 Å². The lowest BCUT2D eigenvalue weighted by atomic mass is 9.92. The summed E-state index contributed by atoms with van der Waals surface area (Å²) in [6.07, 6.45) is 5.50. The Morgan fingerprint density at radius 3 is 2.45 bits per heavy atom. The Bertz CT molecular complexity index is 150. The Kier molecular flexibility index (Phi) is 1.67. The molecule has 0 N–H and O–H groups in total. The SMILES string of the molecule is CN(CC1(F)CC1)C1CCC1. The molecular weight excluding hydrogens is 141 g/mol. The average Bonchev–Trinajstić information content (AvgIpc) is 2.41. The van der Waals surface area contributed by atoms with Gasteiger partial charge in [-0.1, -0.05) is 6.42 Å². The fourth-order valence-electron chi connectivity index (χ4n) is 1.70. The molecule has 0 aromatic heterocycles. The maximum atomic E-state index is 13.2. The summed E-state index contributed by atoms with van der Waals surface area (Å²) in [6, 6.07) is 0.697. The molecule has 2 saturated carbocycles. The standard InChI is InChI=1S/C9H16FN/c1-11(8-3-2-4-8)7-9(10)5-6-9/h8H,2-7H2,1H3. The van der Waals surface area contributed by atoms with Crippen LogP contribution in [-0.4, -0.2) is 30.2 Å². The first-order valence-electron chi connectivity index (χ1n) is 4.59. The van der Waals surface area contributed by atoms with Crippen molar-refractivity contribution in [2.75, 3.05) is 13.6 Å². The first-order valence-corrected chi connectivity index (χ1v) is 4.59. The van der Waals surface area contributed by atoms with Crippen LogP contribution in [0.4, 0.5) is 4.39 Å². The van der Waals surface area contributed by atoms with E-state index in [4.69, 9.17) is 0 Å². The number of hydrogen-bond donors (Lipinski definition) is 0. The zero-order valence-corrected chi connectivity index (χ0v) is 7.15. The summed E-state index contributed by atoms with van der Waals surface area (Å²) in [4.78, 5) is 2.20. The van der Waals surface area contributed by atoms with E-state index in [9.17, 15) is 4.39 Å². The van der Waals surface area contributed by atoms with Gasteiger partial charge in [0, 0.05) is 12.6 Å². The van der Waals surface area contributed by atoms with Gasteiger partial charge in [-0.05, 0) is 32.7 Å². The van der Waals surface area contributed by atoms with Gasteiger partial charge in [0.15, 0.2) is 0 Å². The molecule has 64 valence electrons. The molecule has 0 radical (unpaired) electrons. The lowest BCUT2D eigenvalue weighted by Gasteiger charge is -2.35. The summed E-state index contributed by atoms with van der Waals surface area (Å²) in [6.45, 7) is 0.678. The van der Waals surface area contributed by atoms with E-state index in [1.165, 1.54) is 19.3 Å². The van der Waals surface area contributed by atoms with Gasteiger partial charge in [-0.3, -0.25) is 0 Å². The van der Waals surface area contributed by atoms with E-state index in [1.807, 2.05) is 0 Å². The number of hydrogen-bond acceptors (Lipinski definition) is 1. The van der Waals surface area contributed by atoms with Gasteiger partial charge >= 0.3 is 0 Å². The van der Waals surface area contributed by atoms with Crippen molar-refractivity contribution in [1.29, 1.82) is 0 Å². The van der Waals surface area contributed by atoms with Crippen molar-refractivity contribution in [3.63, 3.8) is 0 Å². The van der Waals surface area contributed by atoms with Gasteiger partial charge in [0.1, 0.15) is 5.67 Å². The third kappa shape index (κ3) is 1.56. The van der Waals surface area contributed by atoms with E-state index >= 15 is 0 Å². The highest BCUT2D eigenvalue weighted by Gasteiger charge is 2.45. The molecule has 0 amide bonds. The van der Waals surface area contributed by atoms with Crippen molar-refractivity contribution in [3.05, 3.63) is 0 Å². The number of alkyl halides is 1. The van der Waals surface area contributed by atoms with Crippen LogP contribution >= 0.6 is 0 Å². The van der Waals surface area contributed by atoms with Gasteiger partial charge in [0.25, 0.3) is 0 Å². The molecule has 0 heterocycles. The monoisotopic (exact) mass is 157 g/mol. The van der Waals surface area contributed by atoms with Crippen LogP contribution in [0.2, 0.25) is 0 Å². The zero-order valence-electron chi connectivity index (χ0n) is 7.15. The Hall–Kier alpha value is -0.110. The molecule has 2 aliphatic carbocycles. The predicted octanol–water partition coefficient (Wildman–Crippen LogP) is 1.97. The molecule has 0 aliphatic heterocycles. The van der Waals surface area contributed by atoms with Gasteiger partial charge < -0.3 is 4.90 Å². The molecule has 11 heavy (non-hydrogen) atoms. The third-order valence-corrected chi connectivity index (χ3v) is 3.02. The molecule has 1 nitrogen and oxygen atoms in total. The second-order valence-electron chi connectivity index (χ2n) is 4.15. The fourth-order valence-corrected chi connectivity index (χ4v) is 1.70. The fraction of sp³-hybridized carbons (Fsp3) is 1.00. The minimum absolute atomic E-state index is 0.678. The molecular formula is C9H16FN. The lowest BCUT2D eigenvalue weighted by Crippen LogP contribution is -2.41. The Balaban J connectivity index is 1.76. The molecule has 0 saturated heterocycles. The Morgan fingerprint density at radius 2 is 2.09 bits per heavy atom. The first kappa shape index (κ1) is 7.53. The number of nitrogens with zero attached hydrogens (tertiary/aromatic N) is 1. The molecule has 2 fully saturated rings. The summed E-state index contributed by atoms with van der Waals surface area (Å²) < 4.78 is 13.2. The Morgan fingerprint density at radius 1 is 1.45 bits per heavy atom. The predicted molar refractivity (Wildman–Crippen MR) is 43.3 cm³/mol.